The molecule has 0 aliphatic carbocycles. The van der Waals surface area contributed by atoms with Gasteiger partial charge in [0.15, 0.2) is 0 Å². The fraction of sp³-hybridized carbons (Fsp3) is 0.905. The van der Waals surface area contributed by atoms with Gasteiger partial charge >= 0.3 is 0 Å². The maximum absolute atomic E-state index is 12.2. The molecule has 0 radical (unpaired) electrons. The van der Waals surface area contributed by atoms with Crippen LogP contribution in [0.4, 0.5) is 0 Å². The number of nitrogens with zero attached hydrogens (tertiary/aromatic N) is 2. The Hall–Kier alpha value is -1.10. The monoisotopic (exact) mass is 367 g/mol. The highest BCUT2D eigenvalue weighted by Gasteiger charge is 2.30. The molecule has 0 bridgehead atoms. The Morgan fingerprint density at radius 3 is 2.38 bits per heavy atom. The predicted octanol–water partition coefficient (Wildman–Crippen LogP) is 3.43. The second kappa shape index (κ2) is 11.6. The Labute approximate surface area is 160 Å². The lowest BCUT2D eigenvalue weighted by Gasteiger charge is -2.43. The third-order valence-corrected chi connectivity index (χ3v) is 5.37. The van der Waals surface area contributed by atoms with E-state index in [2.05, 4.69) is 44.8 Å². The molecule has 1 saturated heterocycles. The molecule has 1 rings (SSSR count). The first-order valence-electron chi connectivity index (χ1n) is 10.6. The van der Waals surface area contributed by atoms with Gasteiger partial charge in [-0.25, -0.2) is 0 Å². The van der Waals surface area contributed by atoms with Crippen molar-refractivity contribution in [3.8, 4) is 0 Å². The summed E-state index contributed by atoms with van der Waals surface area (Å²) in [4.78, 5) is 28.9. The Kier molecular flexibility index (Phi) is 10.2. The van der Waals surface area contributed by atoms with E-state index in [1.54, 1.807) is 0 Å². The van der Waals surface area contributed by atoms with E-state index in [0.29, 0.717) is 25.8 Å². The van der Waals surface area contributed by atoms with E-state index in [1.807, 2.05) is 4.90 Å². The van der Waals surface area contributed by atoms with Gasteiger partial charge in [-0.05, 0) is 58.4 Å². The predicted molar refractivity (Wildman–Crippen MR) is 108 cm³/mol. The Bertz CT molecular complexity index is 431. The van der Waals surface area contributed by atoms with E-state index in [1.165, 1.54) is 12.8 Å². The van der Waals surface area contributed by atoms with Gasteiger partial charge in [0, 0.05) is 44.6 Å². The third kappa shape index (κ3) is 8.07. The first-order valence-corrected chi connectivity index (χ1v) is 10.6. The molecule has 1 N–H and O–H groups in total. The molecule has 1 fully saturated rings. The van der Waals surface area contributed by atoms with Crippen molar-refractivity contribution in [1.29, 1.82) is 0 Å². The second-order valence-electron chi connectivity index (χ2n) is 8.52. The van der Waals surface area contributed by atoms with Crippen LogP contribution in [-0.4, -0.2) is 59.9 Å². The summed E-state index contributed by atoms with van der Waals surface area (Å²) in [6.45, 7) is 15.5. The zero-order valence-electron chi connectivity index (χ0n) is 17.8. The summed E-state index contributed by atoms with van der Waals surface area (Å²) >= 11 is 0. The average molecular weight is 368 g/mol. The van der Waals surface area contributed by atoms with Crippen molar-refractivity contribution in [3.63, 3.8) is 0 Å². The fourth-order valence-electron chi connectivity index (χ4n) is 3.71. The number of hydrogen-bond acceptors (Lipinski definition) is 3. The van der Waals surface area contributed by atoms with Crippen LogP contribution in [-0.2, 0) is 9.59 Å². The van der Waals surface area contributed by atoms with Gasteiger partial charge in [-0.2, -0.15) is 0 Å². The van der Waals surface area contributed by atoms with Crippen molar-refractivity contribution >= 4 is 11.8 Å². The first-order chi connectivity index (χ1) is 12.3. The van der Waals surface area contributed by atoms with E-state index in [0.717, 1.165) is 44.9 Å². The third-order valence-electron chi connectivity index (χ3n) is 5.37. The molecule has 1 aliphatic heterocycles. The van der Waals surface area contributed by atoms with Crippen LogP contribution >= 0.6 is 0 Å². The summed E-state index contributed by atoms with van der Waals surface area (Å²) < 4.78 is 0. The molecule has 5 nitrogen and oxygen atoms in total. The number of nitrogens with one attached hydrogen (secondary N) is 1. The van der Waals surface area contributed by atoms with Crippen LogP contribution in [0.15, 0.2) is 0 Å². The van der Waals surface area contributed by atoms with Crippen molar-refractivity contribution in [2.24, 2.45) is 5.92 Å². The van der Waals surface area contributed by atoms with Crippen molar-refractivity contribution in [2.75, 3.05) is 32.7 Å². The van der Waals surface area contributed by atoms with Crippen molar-refractivity contribution < 1.29 is 9.59 Å². The van der Waals surface area contributed by atoms with E-state index in [9.17, 15) is 9.59 Å². The molecule has 1 unspecified atom stereocenters. The quantitative estimate of drug-likeness (QED) is 0.609. The van der Waals surface area contributed by atoms with Crippen LogP contribution in [0.25, 0.3) is 0 Å². The van der Waals surface area contributed by atoms with E-state index < -0.39 is 0 Å². The maximum atomic E-state index is 12.2. The molecule has 2 amide bonds. The molecule has 26 heavy (non-hydrogen) atoms. The molecule has 1 aliphatic rings. The number of piperidine rings is 1. The number of hydrogen-bond donors (Lipinski definition) is 1. The molecule has 0 aromatic carbocycles. The van der Waals surface area contributed by atoms with Gasteiger partial charge in [-0.1, -0.05) is 20.8 Å². The van der Waals surface area contributed by atoms with Crippen LogP contribution in [0.3, 0.4) is 0 Å². The Balaban J connectivity index is 2.30. The summed E-state index contributed by atoms with van der Waals surface area (Å²) in [6.07, 6.45) is 6.06. The van der Waals surface area contributed by atoms with Crippen LogP contribution in [0.5, 0.6) is 0 Å². The van der Waals surface area contributed by atoms with Gasteiger partial charge in [-0.15, -0.1) is 0 Å². The largest absolute Gasteiger partial charge is 0.354 e. The van der Waals surface area contributed by atoms with Crippen LogP contribution in [0.2, 0.25) is 0 Å². The smallest absolute Gasteiger partial charge is 0.222 e. The molecule has 0 saturated carbocycles. The number of carbonyl (C=O) groups excluding carboxylic acids is 2. The van der Waals surface area contributed by atoms with Crippen molar-refractivity contribution in [1.82, 2.24) is 15.1 Å². The number of likely N-dealkylation sites (tertiary alicyclic amines) is 1. The molecule has 5 heteroatoms. The summed E-state index contributed by atoms with van der Waals surface area (Å²) in [6, 6.07) is 0. The van der Waals surface area contributed by atoms with Gasteiger partial charge in [0.1, 0.15) is 0 Å². The van der Waals surface area contributed by atoms with Crippen molar-refractivity contribution in [3.05, 3.63) is 0 Å². The first kappa shape index (κ1) is 22.9. The molecule has 1 heterocycles. The maximum Gasteiger partial charge on any atom is 0.222 e. The zero-order valence-corrected chi connectivity index (χ0v) is 17.8. The van der Waals surface area contributed by atoms with Crippen LogP contribution in [0, 0.1) is 5.92 Å². The van der Waals surface area contributed by atoms with Crippen LogP contribution in [0.1, 0.15) is 79.6 Å². The lowest BCUT2D eigenvalue weighted by atomic mass is 9.93. The van der Waals surface area contributed by atoms with E-state index >= 15 is 0 Å². The Morgan fingerprint density at radius 1 is 1.15 bits per heavy atom. The lowest BCUT2D eigenvalue weighted by Crippen LogP contribution is -2.54. The van der Waals surface area contributed by atoms with E-state index in [-0.39, 0.29) is 17.4 Å². The SMILES string of the molecule is CCCN(CCC)C(=O)CCCC(=O)NCC(C)(C)N1CCCC(C)C1. The Morgan fingerprint density at radius 2 is 1.81 bits per heavy atom. The van der Waals surface area contributed by atoms with Gasteiger partial charge in [0.05, 0.1) is 0 Å². The minimum atomic E-state index is -0.0147. The lowest BCUT2D eigenvalue weighted by molar-refractivity contribution is -0.131. The van der Waals surface area contributed by atoms with Gasteiger partial charge in [0.2, 0.25) is 11.8 Å². The number of amides is 2. The molecule has 152 valence electrons. The highest BCUT2D eigenvalue weighted by atomic mass is 16.2. The van der Waals surface area contributed by atoms with Crippen molar-refractivity contribution in [2.45, 2.75) is 85.1 Å². The molecule has 1 atom stereocenters. The summed E-state index contributed by atoms with van der Waals surface area (Å²) in [5.41, 5.74) is -0.0147. The molecule has 0 aromatic heterocycles. The second-order valence-corrected chi connectivity index (χ2v) is 8.52. The van der Waals surface area contributed by atoms with E-state index in [4.69, 9.17) is 0 Å². The highest BCUT2D eigenvalue weighted by Crippen LogP contribution is 2.23. The minimum absolute atomic E-state index is 0.0147. The standard InChI is InChI=1S/C21H41N3O2/c1-6-13-23(14-7-2)20(26)12-8-11-19(25)22-17-21(4,5)24-15-9-10-18(3)16-24/h18H,6-17H2,1-5H3,(H,22,25). The number of carbonyl (C=O) groups is 2. The van der Waals surface area contributed by atoms with Crippen LogP contribution < -0.4 is 5.32 Å². The molecule has 0 spiro atoms. The topological polar surface area (TPSA) is 52.7 Å². The summed E-state index contributed by atoms with van der Waals surface area (Å²) in [7, 11) is 0. The molecule has 0 aromatic rings. The molecular formula is C21H41N3O2. The van der Waals surface area contributed by atoms with Gasteiger partial charge in [-0.3, -0.25) is 14.5 Å². The average Bonchev–Trinajstić information content (AvgIpc) is 2.60. The van der Waals surface area contributed by atoms with Gasteiger partial charge in [0.25, 0.3) is 0 Å². The minimum Gasteiger partial charge on any atom is -0.354 e. The normalized spacial score (nSPS) is 18.6. The fourth-order valence-corrected chi connectivity index (χ4v) is 3.71. The van der Waals surface area contributed by atoms with Gasteiger partial charge < -0.3 is 10.2 Å². The summed E-state index contributed by atoms with van der Waals surface area (Å²) in [5, 5.41) is 3.08. The number of rotatable bonds is 11. The molecular weight excluding hydrogens is 326 g/mol. The summed E-state index contributed by atoms with van der Waals surface area (Å²) in [5.74, 6) is 0.983. The zero-order chi connectivity index (χ0) is 19.6. The highest BCUT2D eigenvalue weighted by molar-refractivity contribution is 5.79.